The average Bonchev–Trinajstić information content (AvgIpc) is 3.11. The summed E-state index contributed by atoms with van der Waals surface area (Å²) in [6, 6.07) is 3.93. The third-order valence-corrected chi connectivity index (χ3v) is 3.61. The topological polar surface area (TPSA) is 44.5 Å². The van der Waals surface area contributed by atoms with Crippen molar-refractivity contribution in [1.82, 2.24) is 0 Å². The van der Waals surface area contributed by atoms with Crippen LogP contribution in [0.5, 0.6) is 11.5 Å². The molecule has 2 N–H and O–H groups in total. The van der Waals surface area contributed by atoms with Gasteiger partial charge in [-0.3, -0.25) is 0 Å². The molecule has 1 aliphatic rings. The molecule has 0 bridgehead atoms. The van der Waals surface area contributed by atoms with E-state index in [9.17, 15) is 0 Å². The van der Waals surface area contributed by atoms with Crippen molar-refractivity contribution in [2.45, 2.75) is 18.9 Å². The largest absolute Gasteiger partial charge is 0.496 e. The summed E-state index contributed by atoms with van der Waals surface area (Å²) in [5.41, 5.74) is 7.23. The summed E-state index contributed by atoms with van der Waals surface area (Å²) in [5.74, 6) is 2.22. The molecule has 1 aromatic rings. The van der Waals surface area contributed by atoms with E-state index in [1.54, 1.807) is 14.2 Å². The van der Waals surface area contributed by atoms with Crippen LogP contribution in [-0.4, -0.2) is 14.2 Å². The van der Waals surface area contributed by atoms with E-state index in [0.29, 0.717) is 5.92 Å². The molecule has 4 heteroatoms. The van der Waals surface area contributed by atoms with E-state index in [0.717, 1.165) is 21.5 Å². The first-order chi connectivity index (χ1) is 7.67. The Hall–Kier alpha value is -0.740. The number of benzene rings is 1. The zero-order valence-corrected chi connectivity index (χ0v) is 11.1. The smallest absolute Gasteiger partial charge is 0.133 e. The van der Waals surface area contributed by atoms with E-state index in [1.165, 1.54) is 12.8 Å². The SMILES string of the molecule is COc1cc([C@H](N)C2CC2)c(OC)cc1Br. The molecule has 88 valence electrons. The quantitative estimate of drug-likeness (QED) is 0.925. The van der Waals surface area contributed by atoms with Gasteiger partial charge in [-0.2, -0.15) is 0 Å². The Balaban J connectivity index is 2.39. The Morgan fingerprint density at radius 3 is 2.38 bits per heavy atom. The molecule has 1 aromatic carbocycles. The van der Waals surface area contributed by atoms with E-state index < -0.39 is 0 Å². The molecule has 0 amide bonds. The first kappa shape index (κ1) is 11.7. The van der Waals surface area contributed by atoms with Gasteiger partial charge < -0.3 is 15.2 Å². The van der Waals surface area contributed by atoms with Crippen LogP contribution in [0.4, 0.5) is 0 Å². The lowest BCUT2D eigenvalue weighted by Gasteiger charge is -2.17. The van der Waals surface area contributed by atoms with Crippen LogP contribution in [0, 0.1) is 5.92 Å². The molecule has 1 atom stereocenters. The molecule has 2 rings (SSSR count). The van der Waals surface area contributed by atoms with Crippen LogP contribution < -0.4 is 15.2 Å². The van der Waals surface area contributed by atoms with Crippen LogP contribution in [0.2, 0.25) is 0 Å². The standard InChI is InChI=1S/C12H16BrNO2/c1-15-10-6-9(13)11(16-2)5-8(10)12(14)7-3-4-7/h5-7,12H,3-4,14H2,1-2H3/t12-/m1/s1. The van der Waals surface area contributed by atoms with Crippen molar-refractivity contribution in [3.63, 3.8) is 0 Å². The monoisotopic (exact) mass is 285 g/mol. The van der Waals surface area contributed by atoms with Gasteiger partial charge >= 0.3 is 0 Å². The van der Waals surface area contributed by atoms with Gasteiger partial charge in [0, 0.05) is 11.6 Å². The van der Waals surface area contributed by atoms with Crippen LogP contribution in [0.15, 0.2) is 16.6 Å². The minimum absolute atomic E-state index is 0.0527. The lowest BCUT2D eigenvalue weighted by Crippen LogP contribution is -2.13. The minimum Gasteiger partial charge on any atom is -0.496 e. The maximum Gasteiger partial charge on any atom is 0.133 e. The Morgan fingerprint density at radius 1 is 1.25 bits per heavy atom. The molecule has 0 aliphatic heterocycles. The molecule has 1 aliphatic carbocycles. The Bertz CT molecular complexity index is 391. The Kier molecular flexibility index (Phi) is 3.40. The van der Waals surface area contributed by atoms with Crippen LogP contribution in [0.3, 0.4) is 0 Å². The lowest BCUT2D eigenvalue weighted by molar-refractivity contribution is 0.391. The minimum atomic E-state index is 0.0527. The lowest BCUT2D eigenvalue weighted by atomic mass is 10.0. The van der Waals surface area contributed by atoms with Gasteiger partial charge in [0.05, 0.1) is 18.7 Å². The molecule has 3 nitrogen and oxygen atoms in total. The first-order valence-corrected chi connectivity index (χ1v) is 6.13. The van der Waals surface area contributed by atoms with Crippen molar-refractivity contribution in [1.29, 1.82) is 0 Å². The molecule has 0 aromatic heterocycles. The van der Waals surface area contributed by atoms with Crippen molar-refractivity contribution in [3.05, 3.63) is 22.2 Å². The highest BCUT2D eigenvalue weighted by atomic mass is 79.9. The summed E-state index contributed by atoms with van der Waals surface area (Å²) >= 11 is 3.44. The number of hydrogen-bond donors (Lipinski definition) is 1. The number of halogens is 1. The highest BCUT2D eigenvalue weighted by molar-refractivity contribution is 9.10. The second-order valence-corrected chi connectivity index (χ2v) is 4.95. The Labute approximate surface area is 104 Å². The molecule has 1 fully saturated rings. The van der Waals surface area contributed by atoms with Crippen molar-refractivity contribution in [2.24, 2.45) is 11.7 Å². The highest BCUT2D eigenvalue weighted by Gasteiger charge is 2.31. The zero-order valence-electron chi connectivity index (χ0n) is 9.50. The predicted molar refractivity (Wildman–Crippen MR) is 66.9 cm³/mol. The van der Waals surface area contributed by atoms with Crippen molar-refractivity contribution in [3.8, 4) is 11.5 Å². The molecule has 0 saturated heterocycles. The summed E-state index contributed by atoms with van der Waals surface area (Å²) < 4.78 is 11.5. The Morgan fingerprint density at radius 2 is 1.88 bits per heavy atom. The number of nitrogens with two attached hydrogens (primary N) is 1. The molecule has 0 unspecified atom stereocenters. The van der Waals surface area contributed by atoms with Gasteiger partial charge in [-0.25, -0.2) is 0 Å². The van der Waals surface area contributed by atoms with Gasteiger partial charge in [0.25, 0.3) is 0 Å². The molecule has 1 saturated carbocycles. The van der Waals surface area contributed by atoms with E-state index in [-0.39, 0.29) is 6.04 Å². The van der Waals surface area contributed by atoms with Gasteiger partial charge in [0.1, 0.15) is 11.5 Å². The number of methoxy groups -OCH3 is 2. The second kappa shape index (κ2) is 4.63. The molecule has 16 heavy (non-hydrogen) atoms. The fraction of sp³-hybridized carbons (Fsp3) is 0.500. The van der Waals surface area contributed by atoms with Crippen LogP contribution >= 0.6 is 15.9 Å². The summed E-state index contributed by atoms with van der Waals surface area (Å²) in [4.78, 5) is 0. The van der Waals surface area contributed by atoms with E-state index >= 15 is 0 Å². The van der Waals surface area contributed by atoms with Gasteiger partial charge in [-0.05, 0) is 46.8 Å². The number of rotatable bonds is 4. The van der Waals surface area contributed by atoms with Crippen molar-refractivity contribution < 1.29 is 9.47 Å². The van der Waals surface area contributed by atoms with Gasteiger partial charge in [-0.15, -0.1) is 0 Å². The average molecular weight is 286 g/mol. The van der Waals surface area contributed by atoms with Crippen LogP contribution in [-0.2, 0) is 0 Å². The maximum absolute atomic E-state index is 6.20. The molecule has 0 radical (unpaired) electrons. The van der Waals surface area contributed by atoms with Crippen LogP contribution in [0.1, 0.15) is 24.4 Å². The summed E-state index contributed by atoms with van der Waals surface area (Å²) in [6.45, 7) is 0. The molecule has 0 heterocycles. The fourth-order valence-corrected chi connectivity index (χ4v) is 2.34. The first-order valence-electron chi connectivity index (χ1n) is 5.34. The van der Waals surface area contributed by atoms with Gasteiger partial charge in [0.15, 0.2) is 0 Å². The highest BCUT2D eigenvalue weighted by Crippen LogP contribution is 2.44. The maximum atomic E-state index is 6.20. The number of ether oxygens (including phenoxy) is 2. The number of hydrogen-bond acceptors (Lipinski definition) is 3. The van der Waals surface area contributed by atoms with Crippen LogP contribution in [0.25, 0.3) is 0 Å². The van der Waals surface area contributed by atoms with Gasteiger partial charge in [0.2, 0.25) is 0 Å². The summed E-state index contributed by atoms with van der Waals surface area (Å²) in [7, 11) is 3.32. The summed E-state index contributed by atoms with van der Waals surface area (Å²) in [5, 5.41) is 0. The third-order valence-electron chi connectivity index (χ3n) is 2.99. The fourth-order valence-electron chi connectivity index (χ4n) is 1.85. The molecular weight excluding hydrogens is 270 g/mol. The van der Waals surface area contributed by atoms with E-state index in [4.69, 9.17) is 15.2 Å². The predicted octanol–water partition coefficient (Wildman–Crippen LogP) is 2.88. The normalized spacial score (nSPS) is 17.0. The zero-order chi connectivity index (χ0) is 11.7. The van der Waals surface area contributed by atoms with E-state index in [2.05, 4.69) is 15.9 Å². The molecular formula is C12H16BrNO2. The van der Waals surface area contributed by atoms with E-state index in [1.807, 2.05) is 12.1 Å². The third kappa shape index (κ3) is 2.18. The van der Waals surface area contributed by atoms with Crippen molar-refractivity contribution in [2.75, 3.05) is 14.2 Å². The van der Waals surface area contributed by atoms with Crippen molar-refractivity contribution >= 4 is 15.9 Å². The van der Waals surface area contributed by atoms with Gasteiger partial charge in [-0.1, -0.05) is 0 Å². The summed E-state index contributed by atoms with van der Waals surface area (Å²) in [6.07, 6.45) is 2.42. The molecule has 0 spiro atoms. The second-order valence-electron chi connectivity index (χ2n) is 4.09.